The van der Waals surface area contributed by atoms with Crippen LogP contribution in [0.5, 0.6) is 0 Å². The van der Waals surface area contributed by atoms with Gasteiger partial charge >= 0.3 is 0 Å². The molecule has 0 heterocycles. The summed E-state index contributed by atoms with van der Waals surface area (Å²) in [5.74, 6) is 3.97. The lowest BCUT2D eigenvalue weighted by molar-refractivity contribution is -0.0643. The van der Waals surface area contributed by atoms with Crippen LogP contribution in [0, 0.1) is 23.7 Å². The molecule has 0 bridgehead atoms. The van der Waals surface area contributed by atoms with E-state index in [0.717, 1.165) is 56.3 Å². The van der Waals surface area contributed by atoms with Crippen molar-refractivity contribution < 1.29 is 14.2 Å². The molecule has 0 saturated heterocycles. The summed E-state index contributed by atoms with van der Waals surface area (Å²) in [5.41, 5.74) is 0. The van der Waals surface area contributed by atoms with Crippen LogP contribution in [-0.4, -0.2) is 39.1 Å². The maximum Gasteiger partial charge on any atom is 0.104 e. The van der Waals surface area contributed by atoms with E-state index in [0.29, 0.717) is 13.2 Å². The monoisotopic (exact) mass is 438 g/mol. The summed E-state index contributed by atoms with van der Waals surface area (Å²) < 4.78 is 17.9. The molecule has 2 aliphatic carbocycles. The first-order valence-electron chi connectivity index (χ1n) is 14.0. The van der Waals surface area contributed by atoms with Gasteiger partial charge in [-0.15, -0.1) is 0 Å². The molecule has 0 unspecified atom stereocenters. The average molecular weight is 439 g/mol. The molecule has 184 valence electrons. The van der Waals surface area contributed by atoms with E-state index < -0.39 is 0 Å². The highest BCUT2D eigenvalue weighted by molar-refractivity contribution is 4.82. The van der Waals surface area contributed by atoms with Crippen molar-refractivity contribution in [1.29, 1.82) is 0 Å². The van der Waals surface area contributed by atoms with E-state index in [-0.39, 0.29) is 6.10 Å². The van der Waals surface area contributed by atoms with Crippen molar-refractivity contribution in [3.8, 4) is 0 Å². The Labute approximate surface area is 194 Å². The van der Waals surface area contributed by atoms with Crippen molar-refractivity contribution in [2.24, 2.45) is 23.7 Å². The van der Waals surface area contributed by atoms with Gasteiger partial charge < -0.3 is 14.2 Å². The smallest absolute Gasteiger partial charge is 0.104 e. The zero-order chi connectivity index (χ0) is 22.2. The summed E-state index contributed by atoms with van der Waals surface area (Å²) in [6.07, 6.45) is 20.6. The van der Waals surface area contributed by atoms with Gasteiger partial charge in [0.1, 0.15) is 6.10 Å². The average Bonchev–Trinajstić information content (AvgIpc) is 2.80. The Morgan fingerprint density at radius 3 is 1.52 bits per heavy atom. The fraction of sp³-hybridized carbons (Fsp3) is 1.00. The first-order chi connectivity index (χ1) is 15.3. The van der Waals surface area contributed by atoms with Crippen molar-refractivity contribution >= 4 is 0 Å². The van der Waals surface area contributed by atoms with Crippen molar-refractivity contribution in [1.82, 2.24) is 0 Å². The summed E-state index contributed by atoms with van der Waals surface area (Å²) in [6.45, 7) is 10.7. The molecule has 0 aromatic rings. The molecule has 0 spiro atoms. The summed E-state index contributed by atoms with van der Waals surface area (Å²) in [7, 11) is 0. The van der Waals surface area contributed by atoms with Gasteiger partial charge in [0.2, 0.25) is 0 Å². The predicted molar refractivity (Wildman–Crippen MR) is 132 cm³/mol. The fourth-order valence-electron chi connectivity index (χ4n) is 5.77. The van der Waals surface area contributed by atoms with Gasteiger partial charge in [0.15, 0.2) is 0 Å². The van der Waals surface area contributed by atoms with Gasteiger partial charge in [-0.3, -0.25) is 0 Å². The van der Waals surface area contributed by atoms with Crippen molar-refractivity contribution in [2.75, 3.05) is 33.0 Å². The minimum absolute atomic E-state index is 0.100. The van der Waals surface area contributed by atoms with E-state index in [4.69, 9.17) is 14.2 Å². The van der Waals surface area contributed by atoms with Crippen LogP contribution in [0.4, 0.5) is 0 Å². The number of hydrogen-bond donors (Lipinski definition) is 0. The van der Waals surface area contributed by atoms with E-state index in [1.165, 1.54) is 83.5 Å². The van der Waals surface area contributed by atoms with Gasteiger partial charge in [-0.25, -0.2) is 0 Å². The minimum atomic E-state index is 0.100. The molecule has 0 atom stereocenters. The molecule has 0 aliphatic heterocycles. The number of unbranched alkanes of at least 4 members (excludes halogenated alkanes) is 2. The Balaban J connectivity index is 1.59. The molecular formula is C28H54O3. The highest BCUT2D eigenvalue weighted by Crippen LogP contribution is 2.42. The molecule has 3 heteroatoms. The fourth-order valence-corrected chi connectivity index (χ4v) is 5.77. The zero-order valence-electron chi connectivity index (χ0n) is 21.3. The lowest BCUT2D eigenvalue weighted by Gasteiger charge is -2.38. The topological polar surface area (TPSA) is 27.7 Å². The molecule has 0 aromatic carbocycles. The van der Waals surface area contributed by atoms with Crippen LogP contribution in [0.15, 0.2) is 0 Å². The third kappa shape index (κ3) is 11.5. The summed E-state index contributed by atoms with van der Waals surface area (Å²) in [6, 6.07) is 0. The molecular weight excluding hydrogens is 384 g/mol. The lowest BCUT2D eigenvalue weighted by Crippen LogP contribution is -2.28. The zero-order valence-corrected chi connectivity index (χ0v) is 21.3. The molecule has 3 nitrogen and oxygen atoms in total. The second-order valence-corrected chi connectivity index (χ2v) is 10.5. The Morgan fingerprint density at radius 2 is 1.06 bits per heavy atom. The van der Waals surface area contributed by atoms with Crippen LogP contribution in [0.2, 0.25) is 0 Å². The maximum atomic E-state index is 6.23. The predicted octanol–water partition coefficient (Wildman–Crippen LogP) is 7.81. The Bertz CT molecular complexity index is 385. The van der Waals surface area contributed by atoms with Crippen LogP contribution in [0.3, 0.4) is 0 Å². The Hall–Kier alpha value is -0.120. The highest BCUT2D eigenvalue weighted by atomic mass is 16.6. The van der Waals surface area contributed by atoms with Gasteiger partial charge in [0.05, 0.1) is 13.2 Å². The Kier molecular flexibility index (Phi) is 15.2. The molecule has 2 aliphatic rings. The highest BCUT2D eigenvalue weighted by Gasteiger charge is 2.30. The first-order valence-corrected chi connectivity index (χ1v) is 14.0. The first kappa shape index (κ1) is 27.1. The van der Waals surface area contributed by atoms with Crippen molar-refractivity contribution in [3.05, 3.63) is 0 Å². The molecule has 0 radical (unpaired) electrons. The molecule has 2 fully saturated rings. The summed E-state index contributed by atoms with van der Waals surface area (Å²) in [4.78, 5) is 0. The second-order valence-electron chi connectivity index (χ2n) is 10.5. The summed E-state index contributed by atoms with van der Waals surface area (Å²) >= 11 is 0. The normalized spacial score (nSPS) is 27.1. The maximum absolute atomic E-state index is 6.23. The van der Waals surface area contributed by atoms with E-state index in [2.05, 4.69) is 20.8 Å². The molecule has 0 aromatic heterocycles. The van der Waals surface area contributed by atoms with Crippen LogP contribution < -0.4 is 0 Å². The molecule has 31 heavy (non-hydrogen) atoms. The minimum Gasteiger partial charge on any atom is -0.379 e. The van der Waals surface area contributed by atoms with E-state index in [1.54, 1.807) is 0 Å². The standard InChI is InChI=1S/C28H54O3/c1-4-7-19-29-22-28(23-30-20-8-5-2)31-21-18-25-12-16-27(17-13-25)26-14-10-24(9-6-3)11-15-26/h24-28H,4-23H2,1-3H3. The number of ether oxygens (including phenoxy) is 3. The van der Waals surface area contributed by atoms with Gasteiger partial charge in [-0.05, 0) is 68.6 Å². The van der Waals surface area contributed by atoms with Crippen LogP contribution in [-0.2, 0) is 14.2 Å². The SMILES string of the molecule is CCCCOCC(COCCCC)OCCC1CCC(C2CCC(CCC)CC2)CC1. The van der Waals surface area contributed by atoms with Gasteiger partial charge in [0, 0.05) is 19.8 Å². The van der Waals surface area contributed by atoms with Gasteiger partial charge in [-0.1, -0.05) is 72.1 Å². The number of rotatable bonds is 17. The molecule has 2 saturated carbocycles. The molecule has 0 N–H and O–H groups in total. The van der Waals surface area contributed by atoms with E-state index >= 15 is 0 Å². The molecule has 2 rings (SSSR count). The third-order valence-electron chi connectivity index (χ3n) is 7.92. The van der Waals surface area contributed by atoms with Crippen molar-refractivity contribution in [2.45, 2.75) is 123 Å². The van der Waals surface area contributed by atoms with Crippen molar-refractivity contribution in [3.63, 3.8) is 0 Å². The van der Waals surface area contributed by atoms with Crippen LogP contribution >= 0.6 is 0 Å². The van der Waals surface area contributed by atoms with Gasteiger partial charge in [-0.2, -0.15) is 0 Å². The van der Waals surface area contributed by atoms with Crippen LogP contribution in [0.1, 0.15) is 117 Å². The second kappa shape index (κ2) is 17.4. The largest absolute Gasteiger partial charge is 0.379 e. The van der Waals surface area contributed by atoms with E-state index in [9.17, 15) is 0 Å². The summed E-state index contributed by atoms with van der Waals surface area (Å²) in [5, 5.41) is 0. The quantitative estimate of drug-likeness (QED) is 0.217. The van der Waals surface area contributed by atoms with E-state index in [1.807, 2.05) is 0 Å². The van der Waals surface area contributed by atoms with Crippen LogP contribution in [0.25, 0.3) is 0 Å². The van der Waals surface area contributed by atoms with Gasteiger partial charge in [0.25, 0.3) is 0 Å². The number of hydrogen-bond acceptors (Lipinski definition) is 3. The Morgan fingerprint density at radius 1 is 0.581 bits per heavy atom. The lowest BCUT2D eigenvalue weighted by atomic mass is 9.68. The third-order valence-corrected chi connectivity index (χ3v) is 7.92. The molecule has 0 amide bonds.